The summed E-state index contributed by atoms with van der Waals surface area (Å²) in [6, 6.07) is 7.52. The SMILES string of the molecule is CC(CCC1COc2ccccc2O1)C(=O)O. The van der Waals surface area contributed by atoms with Crippen LogP contribution in [0.5, 0.6) is 11.5 Å². The number of carboxylic acid groups (broad SMARTS) is 1. The van der Waals surface area contributed by atoms with Crippen LogP contribution in [0.15, 0.2) is 24.3 Å². The molecule has 1 aromatic rings. The highest BCUT2D eigenvalue weighted by Gasteiger charge is 2.22. The van der Waals surface area contributed by atoms with Crippen LogP contribution < -0.4 is 9.47 Å². The predicted octanol–water partition coefficient (Wildman–Crippen LogP) is 2.33. The zero-order valence-electron chi connectivity index (χ0n) is 9.76. The lowest BCUT2D eigenvalue weighted by molar-refractivity contribution is -0.141. The molecule has 2 unspecified atom stereocenters. The summed E-state index contributed by atoms with van der Waals surface area (Å²) in [5.74, 6) is 0.402. The van der Waals surface area contributed by atoms with Crippen LogP contribution >= 0.6 is 0 Å². The fourth-order valence-corrected chi connectivity index (χ4v) is 1.76. The molecule has 0 saturated heterocycles. The first-order chi connectivity index (χ1) is 8.16. The average Bonchev–Trinajstić information content (AvgIpc) is 2.35. The van der Waals surface area contributed by atoms with E-state index in [-0.39, 0.29) is 12.0 Å². The Balaban J connectivity index is 1.88. The number of fused-ring (bicyclic) bond motifs is 1. The van der Waals surface area contributed by atoms with Crippen molar-refractivity contribution >= 4 is 5.97 Å². The molecule has 0 amide bonds. The van der Waals surface area contributed by atoms with Gasteiger partial charge in [0, 0.05) is 0 Å². The Morgan fingerprint density at radius 3 is 2.88 bits per heavy atom. The second kappa shape index (κ2) is 5.08. The zero-order chi connectivity index (χ0) is 12.3. The Bertz CT molecular complexity index is 402. The van der Waals surface area contributed by atoms with Crippen molar-refractivity contribution in [2.75, 3.05) is 6.61 Å². The van der Waals surface area contributed by atoms with Gasteiger partial charge in [-0.3, -0.25) is 4.79 Å². The number of benzene rings is 1. The summed E-state index contributed by atoms with van der Waals surface area (Å²) >= 11 is 0. The molecular formula is C13H16O4. The van der Waals surface area contributed by atoms with E-state index in [0.29, 0.717) is 19.4 Å². The van der Waals surface area contributed by atoms with Crippen LogP contribution in [-0.4, -0.2) is 23.8 Å². The monoisotopic (exact) mass is 236 g/mol. The van der Waals surface area contributed by atoms with Crippen molar-refractivity contribution in [1.82, 2.24) is 0 Å². The third-order valence-electron chi connectivity index (χ3n) is 2.91. The van der Waals surface area contributed by atoms with Gasteiger partial charge in [0.05, 0.1) is 5.92 Å². The summed E-state index contributed by atoms with van der Waals surface area (Å²) in [6.45, 7) is 2.20. The third kappa shape index (κ3) is 2.90. The Morgan fingerprint density at radius 1 is 1.47 bits per heavy atom. The van der Waals surface area contributed by atoms with Crippen molar-refractivity contribution in [2.24, 2.45) is 5.92 Å². The topological polar surface area (TPSA) is 55.8 Å². The summed E-state index contributed by atoms with van der Waals surface area (Å²) in [5, 5.41) is 8.80. The van der Waals surface area contributed by atoms with E-state index < -0.39 is 5.97 Å². The van der Waals surface area contributed by atoms with Crippen molar-refractivity contribution in [3.8, 4) is 11.5 Å². The van der Waals surface area contributed by atoms with E-state index in [1.54, 1.807) is 6.92 Å². The highest BCUT2D eigenvalue weighted by atomic mass is 16.6. The van der Waals surface area contributed by atoms with Gasteiger partial charge in [0.2, 0.25) is 0 Å². The maximum atomic E-state index is 10.7. The van der Waals surface area contributed by atoms with Crippen LogP contribution in [0, 0.1) is 5.92 Å². The quantitative estimate of drug-likeness (QED) is 0.871. The molecule has 17 heavy (non-hydrogen) atoms. The molecule has 0 aliphatic carbocycles. The van der Waals surface area contributed by atoms with Gasteiger partial charge in [0.15, 0.2) is 11.5 Å². The maximum absolute atomic E-state index is 10.7. The standard InChI is InChI=1S/C13H16O4/c1-9(13(14)15)6-7-10-8-16-11-4-2-3-5-12(11)17-10/h2-5,9-10H,6-8H2,1H3,(H,14,15). The molecule has 2 atom stereocenters. The fraction of sp³-hybridized carbons (Fsp3) is 0.462. The average molecular weight is 236 g/mol. The van der Waals surface area contributed by atoms with Crippen LogP contribution in [0.25, 0.3) is 0 Å². The summed E-state index contributed by atoms with van der Waals surface area (Å²) in [7, 11) is 0. The molecule has 0 spiro atoms. The minimum Gasteiger partial charge on any atom is -0.486 e. The van der Waals surface area contributed by atoms with E-state index in [0.717, 1.165) is 11.5 Å². The van der Waals surface area contributed by atoms with Crippen LogP contribution in [0.3, 0.4) is 0 Å². The second-order valence-corrected chi connectivity index (χ2v) is 4.31. The van der Waals surface area contributed by atoms with Gasteiger partial charge < -0.3 is 14.6 Å². The van der Waals surface area contributed by atoms with E-state index in [1.165, 1.54) is 0 Å². The molecule has 0 radical (unpaired) electrons. The number of ether oxygens (including phenoxy) is 2. The molecule has 0 aromatic heterocycles. The Kier molecular flexibility index (Phi) is 3.52. The Hall–Kier alpha value is -1.71. The second-order valence-electron chi connectivity index (χ2n) is 4.31. The highest BCUT2D eigenvalue weighted by Crippen LogP contribution is 2.32. The van der Waals surface area contributed by atoms with Crippen LogP contribution in [-0.2, 0) is 4.79 Å². The van der Waals surface area contributed by atoms with Gasteiger partial charge in [-0.15, -0.1) is 0 Å². The lowest BCUT2D eigenvalue weighted by Gasteiger charge is -2.26. The zero-order valence-corrected chi connectivity index (χ0v) is 9.76. The molecule has 1 N–H and O–H groups in total. The number of hydrogen-bond donors (Lipinski definition) is 1. The van der Waals surface area contributed by atoms with Crippen molar-refractivity contribution in [3.63, 3.8) is 0 Å². The van der Waals surface area contributed by atoms with Crippen LogP contribution in [0.1, 0.15) is 19.8 Å². The molecule has 1 aliphatic heterocycles. The summed E-state index contributed by atoms with van der Waals surface area (Å²) in [6.07, 6.45) is 1.25. The van der Waals surface area contributed by atoms with Gasteiger partial charge in [-0.05, 0) is 25.0 Å². The smallest absolute Gasteiger partial charge is 0.306 e. The van der Waals surface area contributed by atoms with Crippen molar-refractivity contribution in [2.45, 2.75) is 25.9 Å². The minimum absolute atomic E-state index is 0.0494. The minimum atomic E-state index is -0.762. The fourth-order valence-electron chi connectivity index (χ4n) is 1.76. The lowest BCUT2D eigenvalue weighted by Crippen LogP contribution is -2.29. The van der Waals surface area contributed by atoms with E-state index in [1.807, 2.05) is 24.3 Å². The molecule has 0 saturated carbocycles. The number of carbonyl (C=O) groups is 1. The van der Waals surface area contributed by atoms with Crippen molar-refractivity contribution < 1.29 is 19.4 Å². The van der Waals surface area contributed by atoms with Crippen molar-refractivity contribution in [1.29, 1.82) is 0 Å². The van der Waals surface area contributed by atoms with Gasteiger partial charge in [-0.2, -0.15) is 0 Å². The molecule has 92 valence electrons. The predicted molar refractivity (Wildman–Crippen MR) is 62.4 cm³/mol. The van der Waals surface area contributed by atoms with Gasteiger partial charge in [0.1, 0.15) is 12.7 Å². The van der Waals surface area contributed by atoms with E-state index in [9.17, 15) is 4.79 Å². The van der Waals surface area contributed by atoms with Crippen molar-refractivity contribution in [3.05, 3.63) is 24.3 Å². The number of para-hydroxylation sites is 2. The number of hydrogen-bond acceptors (Lipinski definition) is 3. The third-order valence-corrected chi connectivity index (χ3v) is 2.91. The molecule has 0 fully saturated rings. The Morgan fingerprint density at radius 2 is 2.18 bits per heavy atom. The molecule has 1 aromatic carbocycles. The number of rotatable bonds is 4. The number of aliphatic carboxylic acids is 1. The lowest BCUT2D eigenvalue weighted by atomic mass is 10.0. The molecule has 4 heteroatoms. The summed E-state index contributed by atoms with van der Waals surface area (Å²) in [5.41, 5.74) is 0. The van der Waals surface area contributed by atoms with Gasteiger partial charge in [-0.1, -0.05) is 19.1 Å². The largest absolute Gasteiger partial charge is 0.486 e. The van der Waals surface area contributed by atoms with Crippen LogP contribution in [0.4, 0.5) is 0 Å². The molecule has 0 bridgehead atoms. The van der Waals surface area contributed by atoms with Gasteiger partial charge in [0.25, 0.3) is 0 Å². The summed E-state index contributed by atoms with van der Waals surface area (Å²) in [4.78, 5) is 10.7. The normalized spacial score (nSPS) is 19.7. The van der Waals surface area contributed by atoms with Gasteiger partial charge in [-0.25, -0.2) is 0 Å². The maximum Gasteiger partial charge on any atom is 0.306 e. The number of carboxylic acids is 1. The first-order valence-electron chi connectivity index (χ1n) is 5.78. The molecule has 2 rings (SSSR count). The molecular weight excluding hydrogens is 220 g/mol. The van der Waals surface area contributed by atoms with Gasteiger partial charge >= 0.3 is 5.97 Å². The summed E-state index contributed by atoms with van der Waals surface area (Å²) < 4.78 is 11.3. The van der Waals surface area contributed by atoms with E-state index in [4.69, 9.17) is 14.6 Å². The van der Waals surface area contributed by atoms with Crippen LogP contribution in [0.2, 0.25) is 0 Å². The molecule has 1 aliphatic rings. The van der Waals surface area contributed by atoms with E-state index in [2.05, 4.69) is 0 Å². The first kappa shape index (κ1) is 11.8. The Labute approximate surface area is 100 Å². The molecule has 4 nitrogen and oxygen atoms in total. The molecule has 1 heterocycles. The first-order valence-corrected chi connectivity index (χ1v) is 5.78. The van der Waals surface area contributed by atoms with E-state index >= 15 is 0 Å². The highest BCUT2D eigenvalue weighted by molar-refractivity contribution is 5.69.